The minimum Gasteiger partial charge on any atom is -0.309 e. The maximum absolute atomic E-state index is 3.75. The fourth-order valence-corrected chi connectivity index (χ4v) is 3.79. The molecule has 1 heterocycles. The summed E-state index contributed by atoms with van der Waals surface area (Å²) in [6.07, 6.45) is 6.93. The molecule has 1 atom stereocenters. The first-order valence-electron chi connectivity index (χ1n) is 7.01. The van der Waals surface area contributed by atoms with E-state index in [1.165, 1.54) is 42.5 Å². The number of hydrogen-bond donors (Lipinski definition) is 1. The van der Waals surface area contributed by atoms with E-state index < -0.39 is 0 Å². The summed E-state index contributed by atoms with van der Waals surface area (Å²) < 4.78 is 0. The molecule has 2 heteroatoms. The number of hydrogen-bond acceptors (Lipinski definition) is 2. The first-order valence-corrected chi connectivity index (χ1v) is 7.82. The normalized spacial score (nSPS) is 18.1. The van der Waals surface area contributed by atoms with Crippen LogP contribution in [0.2, 0.25) is 0 Å². The molecule has 1 saturated carbocycles. The predicted octanol–water partition coefficient (Wildman–Crippen LogP) is 4.60. The Morgan fingerprint density at radius 2 is 2.18 bits per heavy atom. The molecule has 0 spiro atoms. The Labute approximate surface area is 110 Å². The van der Waals surface area contributed by atoms with E-state index in [1.807, 2.05) is 11.3 Å². The fraction of sp³-hybridized carbons (Fsp3) is 0.733. The maximum Gasteiger partial charge on any atom is 0.0420 e. The van der Waals surface area contributed by atoms with Crippen molar-refractivity contribution in [1.82, 2.24) is 5.32 Å². The summed E-state index contributed by atoms with van der Waals surface area (Å²) in [5, 5.41) is 3.75. The number of aryl methyl sites for hydroxylation is 2. The largest absolute Gasteiger partial charge is 0.309 e. The van der Waals surface area contributed by atoms with Crippen molar-refractivity contribution in [2.75, 3.05) is 6.54 Å². The van der Waals surface area contributed by atoms with Crippen LogP contribution in [0.4, 0.5) is 0 Å². The van der Waals surface area contributed by atoms with Crippen LogP contribution >= 0.6 is 11.3 Å². The number of thiophene rings is 1. The van der Waals surface area contributed by atoms with E-state index in [2.05, 4.69) is 32.2 Å². The van der Waals surface area contributed by atoms with Gasteiger partial charge < -0.3 is 5.32 Å². The van der Waals surface area contributed by atoms with Gasteiger partial charge in [-0.05, 0) is 50.8 Å². The van der Waals surface area contributed by atoms with Crippen LogP contribution in [0, 0.1) is 19.8 Å². The van der Waals surface area contributed by atoms with E-state index in [0.717, 1.165) is 12.5 Å². The molecule has 1 nitrogen and oxygen atoms in total. The van der Waals surface area contributed by atoms with Gasteiger partial charge in [0.25, 0.3) is 0 Å². The summed E-state index contributed by atoms with van der Waals surface area (Å²) in [4.78, 5) is 3.04. The number of nitrogens with one attached hydrogen (secondary N) is 1. The van der Waals surface area contributed by atoms with Crippen molar-refractivity contribution in [3.63, 3.8) is 0 Å². The molecule has 1 fully saturated rings. The summed E-state index contributed by atoms with van der Waals surface area (Å²) in [6, 6.07) is 2.94. The SMILES string of the molecule is CCCNC(CC1CCC1)c1sc(C)cc1C. The summed E-state index contributed by atoms with van der Waals surface area (Å²) in [5.74, 6) is 0.978. The zero-order valence-electron chi connectivity index (χ0n) is 11.4. The molecule has 17 heavy (non-hydrogen) atoms. The lowest BCUT2D eigenvalue weighted by atomic mass is 9.80. The fourth-order valence-electron chi connectivity index (χ4n) is 2.67. The minimum absolute atomic E-state index is 0.610. The molecular formula is C15H25NS. The Balaban J connectivity index is 2.04. The average Bonchev–Trinajstić information content (AvgIpc) is 2.56. The molecule has 0 radical (unpaired) electrons. The molecule has 1 aromatic rings. The molecule has 96 valence electrons. The first-order chi connectivity index (χ1) is 8.20. The molecule has 1 aromatic heterocycles. The van der Waals surface area contributed by atoms with Crippen molar-refractivity contribution in [1.29, 1.82) is 0 Å². The highest BCUT2D eigenvalue weighted by Gasteiger charge is 2.24. The van der Waals surface area contributed by atoms with Crippen molar-refractivity contribution in [2.45, 2.75) is 58.9 Å². The highest BCUT2D eigenvalue weighted by Crippen LogP contribution is 2.37. The molecule has 1 N–H and O–H groups in total. The monoisotopic (exact) mass is 251 g/mol. The van der Waals surface area contributed by atoms with Gasteiger partial charge >= 0.3 is 0 Å². The van der Waals surface area contributed by atoms with Gasteiger partial charge in [0, 0.05) is 15.8 Å². The van der Waals surface area contributed by atoms with Crippen molar-refractivity contribution in [3.05, 3.63) is 21.4 Å². The lowest BCUT2D eigenvalue weighted by Gasteiger charge is -2.30. The Morgan fingerprint density at radius 1 is 1.41 bits per heavy atom. The van der Waals surface area contributed by atoms with Gasteiger partial charge in [0.1, 0.15) is 0 Å². The topological polar surface area (TPSA) is 12.0 Å². The third-order valence-electron chi connectivity index (χ3n) is 3.83. The van der Waals surface area contributed by atoms with Gasteiger partial charge in [0.15, 0.2) is 0 Å². The second-order valence-corrected chi connectivity index (χ2v) is 6.73. The van der Waals surface area contributed by atoms with Crippen molar-refractivity contribution < 1.29 is 0 Å². The van der Waals surface area contributed by atoms with Crippen LogP contribution in [0.15, 0.2) is 6.07 Å². The quantitative estimate of drug-likeness (QED) is 0.779. The highest BCUT2D eigenvalue weighted by molar-refractivity contribution is 7.12. The van der Waals surface area contributed by atoms with Crippen LogP contribution in [0.3, 0.4) is 0 Å². The van der Waals surface area contributed by atoms with Gasteiger partial charge in [0.05, 0.1) is 0 Å². The molecule has 0 aromatic carbocycles. The second kappa shape index (κ2) is 6.01. The van der Waals surface area contributed by atoms with Crippen LogP contribution in [-0.4, -0.2) is 6.54 Å². The Morgan fingerprint density at radius 3 is 2.65 bits per heavy atom. The Kier molecular flexibility index (Phi) is 4.63. The van der Waals surface area contributed by atoms with E-state index in [-0.39, 0.29) is 0 Å². The van der Waals surface area contributed by atoms with Crippen molar-refractivity contribution >= 4 is 11.3 Å². The lowest BCUT2D eigenvalue weighted by Crippen LogP contribution is -2.26. The van der Waals surface area contributed by atoms with Crippen LogP contribution in [0.1, 0.15) is 60.4 Å². The molecule has 0 saturated heterocycles. The molecule has 2 rings (SSSR count). The standard InChI is InChI=1S/C15H25NS/c1-4-8-16-14(10-13-6-5-7-13)15-11(2)9-12(3)17-15/h9,13-14,16H,4-8,10H2,1-3H3. The smallest absolute Gasteiger partial charge is 0.0420 e. The molecule has 1 unspecified atom stereocenters. The average molecular weight is 251 g/mol. The summed E-state index contributed by atoms with van der Waals surface area (Å²) in [7, 11) is 0. The van der Waals surface area contributed by atoms with Crippen LogP contribution < -0.4 is 5.32 Å². The molecule has 1 aliphatic rings. The van der Waals surface area contributed by atoms with E-state index in [0.29, 0.717) is 6.04 Å². The van der Waals surface area contributed by atoms with E-state index in [4.69, 9.17) is 0 Å². The van der Waals surface area contributed by atoms with Gasteiger partial charge in [-0.25, -0.2) is 0 Å². The zero-order chi connectivity index (χ0) is 12.3. The molecule has 0 amide bonds. The summed E-state index contributed by atoms with van der Waals surface area (Å²) in [6.45, 7) is 7.88. The molecule has 1 aliphatic carbocycles. The van der Waals surface area contributed by atoms with Crippen LogP contribution in [-0.2, 0) is 0 Å². The minimum atomic E-state index is 0.610. The van der Waals surface area contributed by atoms with E-state index >= 15 is 0 Å². The van der Waals surface area contributed by atoms with Crippen LogP contribution in [0.5, 0.6) is 0 Å². The van der Waals surface area contributed by atoms with Gasteiger partial charge in [0.2, 0.25) is 0 Å². The van der Waals surface area contributed by atoms with Gasteiger partial charge in [-0.1, -0.05) is 26.2 Å². The van der Waals surface area contributed by atoms with Gasteiger partial charge in [-0.3, -0.25) is 0 Å². The number of rotatable bonds is 6. The third kappa shape index (κ3) is 3.32. The van der Waals surface area contributed by atoms with E-state index in [9.17, 15) is 0 Å². The second-order valence-electron chi connectivity index (χ2n) is 5.44. The van der Waals surface area contributed by atoms with E-state index in [1.54, 1.807) is 4.88 Å². The zero-order valence-corrected chi connectivity index (χ0v) is 12.2. The highest BCUT2D eigenvalue weighted by atomic mass is 32.1. The molecule has 0 bridgehead atoms. The summed E-state index contributed by atoms with van der Waals surface area (Å²) >= 11 is 1.99. The first kappa shape index (κ1) is 13.1. The Bertz CT molecular complexity index is 352. The molecule has 0 aliphatic heterocycles. The lowest BCUT2D eigenvalue weighted by molar-refractivity contribution is 0.262. The summed E-state index contributed by atoms with van der Waals surface area (Å²) in [5.41, 5.74) is 1.49. The van der Waals surface area contributed by atoms with Gasteiger partial charge in [-0.15, -0.1) is 11.3 Å². The van der Waals surface area contributed by atoms with Gasteiger partial charge in [-0.2, -0.15) is 0 Å². The predicted molar refractivity (Wildman–Crippen MR) is 76.8 cm³/mol. The maximum atomic E-state index is 3.75. The third-order valence-corrected chi connectivity index (χ3v) is 5.10. The van der Waals surface area contributed by atoms with Crippen molar-refractivity contribution in [2.24, 2.45) is 5.92 Å². The Hall–Kier alpha value is -0.340. The molecular weight excluding hydrogens is 226 g/mol. The van der Waals surface area contributed by atoms with Crippen molar-refractivity contribution in [3.8, 4) is 0 Å². The van der Waals surface area contributed by atoms with Crippen LogP contribution in [0.25, 0.3) is 0 Å².